The van der Waals surface area contributed by atoms with Crippen molar-refractivity contribution in [2.75, 3.05) is 24.2 Å². The molecule has 8 nitrogen and oxygen atoms in total. The van der Waals surface area contributed by atoms with Gasteiger partial charge in [0.1, 0.15) is 11.9 Å². The van der Waals surface area contributed by atoms with E-state index in [-0.39, 0.29) is 23.8 Å². The highest BCUT2D eigenvalue weighted by molar-refractivity contribution is 7.89. The quantitative estimate of drug-likeness (QED) is 0.547. The van der Waals surface area contributed by atoms with Crippen LogP contribution in [0.4, 0.5) is 11.5 Å². The third-order valence-corrected chi connectivity index (χ3v) is 3.48. The van der Waals surface area contributed by atoms with Crippen LogP contribution in [0, 0.1) is 10.1 Å². The minimum absolute atomic E-state index is 0.0713. The maximum Gasteiger partial charge on any atom is 0.386 e. The minimum Gasteiger partial charge on any atom is -0.377 e. The zero-order chi connectivity index (χ0) is 13.6. The SMILES string of the molecule is CCNS(=O)(=O)CCNc1cccnc1[N+](=O)[O-]. The molecular weight excluding hydrogens is 260 g/mol. The fraction of sp³-hybridized carbons (Fsp3) is 0.444. The first-order valence-corrected chi connectivity index (χ1v) is 6.92. The van der Waals surface area contributed by atoms with Crippen molar-refractivity contribution < 1.29 is 13.3 Å². The van der Waals surface area contributed by atoms with Crippen LogP contribution in [0.2, 0.25) is 0 Å². The van der Waals surface area contributed by atoms with E-state index in [1.165, 1.54) is 18.3 Å². The van der Waals surface area contributed by atoms with Crippen molar-refractivity contribution in [2.24, 2.45) is 0 Å². The van der Waals surface area contributed by atoms with E-state index in [0.29, 0.717) is 6.54 Å². The van der Waals surface area contributed by atoms with Gasteiger partial charge in [0.2, 0.25) is 10.0 Å². The molecule has 0 spiro atoms. The molecular formula is C9H14N4O4S. The summed E-state index contributed by atoms with van der Waals surface area (Å²) < 4.78 is 25.0. The Balaban J connectivity index is 2.62. The van der Waals surface area contributed by atoms with Gasteiger partial charge in [-0.05, 0) is 22.0 Å². The summed E-state index contributed by atoms with van der Waals surface area (Å²) >= 11 is 0. The predicted molar refractivity (Wildman–Crippen MR) is 66.8 cm³/mol. The third-order valence-electron chi connectivity index (χ3n) is 2.01. The van der Waals surface area contributed by atoms with Crippen molar-refractivity contribution in [3.05, 3.63) is 28.4 Å². The maximum absolute atomic E-state index is 11.3. The van der Waals surface area contributed by atoms with E-state index in [1.54, 1.807) is 6.92 Å². The molecule has 1 aromatic rings. The first-order valence-electron chi connectivity index (χ1n) is 5.27. The molecule has 0 aliphatic rings. The van der Waals surface area contributed by atoms with E-state index in [2.05, 4.69) is 15.0 Å². The molecule has 0 fully saturated rings. The van der Waals surface area contributed by atoms with Crippen LogP contribution in [0.25, 0.3) is 0 Å². The fourth-order valence-electron chi connectivity index (χ4n) is 1.29. The second-order valence-electron chi connectivity index (χ2n) is 3.38. The van der Waals surface area contributed by atoms with Gasteiger partial charge in [-0.3, -0.25) is 0 Å². The average Bonchev–Trinajstić information content (AvgIpc) is 2.29. The summed E-state index contributed by atoms with van der Waals surface area (Å²) in [5.74, 6) is -0.481. The monoisotopic (exact) mass is 274 g/mol. The maximum atomic E-state index is 11.3. The van der Waals surface area contributed by atoms with Gasteiger partial charge < -0.3 is 15.4 Å². The Morgan fingerprint density at radius 2 is 2.22 bits per heavy atom. The van der Waals surface area contributed by atoms with Gasteiger partial charge in [0.25, 0.3) is 0 Å². The van der Waals surface area contributed by atoms with Crippen LogP contribution in [0.3, 0.4) is 0 Å². The van der Waals surface area contributed by atoms with Gasteiger partial charge >= 0.3 is 5.82 Å². The molecule has 0 amide bonds. The zero-order valence-electron chi connectivity index (χ0n) is 9.79. The fourth-order valence-corrected chi connectivity index (χ4v) is 2.25. The topological polar surface area (TPSA) is 114 Å². The molecule has 1 heterocycles. The molecule has 1 aromatic heterocycles. The molecule has 0 aliphatic heterocycles. The predicted octanol–water partition coefficient (Wildman–Crippen LogP) is 0.341. The molecule has 0 radical (unpaired) electrons. The van der Waals surface area contributed by atoms with Crippen molar-refractivity contribution in [1.29, 1.82) is 0 Å². The standard InChI is InChI=1S/C9H14N4O4S/c1-2-12-18(16,17)7-6-10-8-4-3-5-11-9(8)13(14)15/h3-5,10,12H,2,6-7H2,1H3. The molecule has 0 atom stereocenters. The van der Waals surface area contributed by atoms with Crippen LogP contribution in [-0.4, -0.2) is 37.2 Å². The number of aromatic nitrogens is 1. The number of nitrogens with zero attached hydrogens (tertiary/aromatic N) is 2. The summed E-state index contributed by atoms with van der Waals surface area (Å²) in [5.41, 5.74) is 0.203. The second kappa shape index (κ2) is 6.26. The number of rotatable bonds is 7. The molecule has 0 unspecified atom stereocenters. The van der Waals surface area contributed by atoms with E-state index >= 15 is 0 Å². The molecule has 18 heavy (non-hydrogen) atoms. The summed E-state index contributed by atoms with van der Waals surface area (Å²) in [6.07, 6.45) is 1.30. The van der Waals surface area contributed by atoms with Gasteiger partial charge in [0.05, 0.1) is 5.75 Å². The number of hydrogen-bond acceptors (Lipinski definition) is 6. The van der Waals surface area contributed by atoms with Gasteiger partial charge in [-0.1, -0.05) is 6.92 Å². The first kappa shape index (κ1) is 14.3. The number of sulfonamides is 1. The Hall–Kier alpha value is -1.74. The second-order valence-corrected chi connectivity index (χ2v) is 5.30. The van der Waals surface area contributed by atoms with Crippen LogP contribution in [0.15, 0.2) is 18.3 Å². The summed E-state index contributed by atoms with van der Waals surface area (Å²) in [4.78, 5) is 13.6. The number of nitrogens with one attached hydrogen (secondary N) is 2. The van der Waals surface area contributed by atoms with E-state index in [9.17, 15) is 18.5 Å². The molecule has 0 aliphatic carbocycles. The normalized spacial score (nSPS) is 11.2. The molecule has 9 heteroatoms. The summed E-state index contributed by atoms with van der Waals surface area (Å²) in [7, 11) is -3.34. The van der Waals surface area contributed by atoms with Crippen LogP contribution in [0.1, 0.15) is 6.92 Å². The van der Waals surface area contributed by atoms with Crippen molar-refractivity contribution in [1.82, 2.24) is 9.71 Å². The number of nitro groups is 1. The Morgan fingerprint density at radius 1 is 1.50 bits per heavy atom. The molecule has 0 saturated carbocycles. The van der Waals surface area contributed by atoms with E-state index < -0.39 is 14.9 Å². The van der Waals surface area contributed by atoms with Crippen LogP contribution in [0.5, 0.6) is 0 Å². The minimum atomic E-state index is -3.34. The van der Waals surface area contributed by atoms with Crippen molar-refractivity contribution in [2.45, 2.75) is 6.92 Å². The lowest BCUT2D eigenvalue weighted by Crippen LogP contribution is -2.29. The van der Waals surface area contributed by atoms with Crippen LogP contribution in [-0.2, 0) is 10.0 Å². The Labute approximate surface area is 105 Å². The summed E-state index contributed by atoms with van der Waals surface area (Å²) in [5, 5.41) is 13.3. The Morgan fingerprint density at radius 3 is 2.83 bits per heavy atom. The van der Waals surface area contributed by atoms with Crippen molar-refractivity contribution in [3.8, 4) is 0 Å². The summed E-state index contributed by atoms with van der Waals surface area (Å²) in [6, 6.07) is 3.01. The first-order chi connectivity index (χ1) is 8.46. The smallest absolute Gasteiger partial charge is 0.377 e. The van der Waals surface area contributed by atoms with Gasteiger partial charge in [-0.15, -0.1) is 0 Å². The highest BCUT2D eigenvalue weighted by atomic mass is 32.2. The Kier molecular flexibility index (Phi) is 4.98. The number of anilines is 1. The lowest BCUT2D eigenvalue weighted by atomic mass is 10.4. The van der Waals surface area contributed by atoms with Crippen LogP contribution >= 0.6 is 0 Å². The van der Waals surface area contributed by atoms with E-state index in [1.807, 2.05) is 0 Å². The van der Waals surface area contributed by atoms with Crippen LogP contribution < -0.4 is 10.0 Å². The molecule has 0 saturated heterocycles. The molecule has 2 N–H and O–H groups in total. The van der Waals surface area contributed by atoms with Gasteiger partial charge in [0.15, 0.2) is 0 Å². The lowest BCUT2D eigenvalue weighted by molar-refractivity contribution is -0.388. The van der Waals surface area contributed by atoms with E-state index in [0.717, 1.165) is 0 Å². The molecule has 0 aromatic carbocycles. The average molecular weight is 274 g/mol. The number of pyridine rings is 1. The van der Waals surface area contributed by atoms with Crippen molar-refractivity contribution >= 4 is 21.5 Å². The third kappa shape index (κ3) is 4.26. The molecule has 1 rings (SSSR count). The number of hydrogen-bond donors (Lipinski definition) is 2. The highest BCUT2D eigenvalue weighted by Gasteiger charge is 2.14. The summed E-state index contributed by atoms with van der Waals surface area (Å²) in [6.45, 7) is 2.06. The molecule has 0 bridgehead atoms. The van der Waals surface area contributed by atoms with Gasteiger partial charge in [-0.2, -0.15) is 0 Å². The lowest BCUT2D eigenvalue weighted by Gasteiger charge is -2.07. The largest absolute Gasteiger partial charge is 0.386 e. The Bertz CT molecular complexity index is 517. The van der Waals surface area contributed by atoms with E-state index in [4.69, 9.17) is 0 Å². The van der Waals surface area contributed by atoms with Crippen molar-refractivity contribution in [3.63, 3.8) is 0 Å². The van der Waals surface area contributed by atoms with Gasteiger partial charge in [-0.25, -0.2) is 13.1 Å². The van der Waals surface area contributed by atoms with Gasteiger partial charge in [0, 0.05) is 13.1 Å². The zero-order valence-corrected chi connectivity index (χ0v) is 10.6. The molecule has 100 valence electrons. The highest BCUT2D eigenvalue weighted by Crippen LogP contribution is 2.19.